The van der Waals surface area contributed by atoms with Crippen molar-refractivity contribution in [3.05, 3.63) is 34.9 Å². The highest BCUT2D eigenvalue weighted by Gasteiger charge is 2.14. The van der Waals surface area contributed by atoms with Crippen LogP contribution in [0.5, 0.6) is 0 Å². The summed E-state index contributed by atoms with van der Waals surface area (Å²) in [6.45, 7) is 5.65. The summed E-state index contributed by atoms with van der Waals surface area (Å²) in [6.07, 6.45) is -0.544. The molecular formula is C15H21ClN2O4. The molecule has 0 saturated heterocycles. The van der Waals surface area contributed by atoms with Crippen molar-refractivity contribution in [2.24, 2.45) is 0 Å². The normalized spacial score (nSPS) is 10.9. The zero-order chi connectivity index (χ0) is 16.6. The number of alkyl carbamates (subject to hydrolysis) is 1. The largest absolute Gasteiger partial charge is 0.449 e. The van der Waals surface area contributed by atoms with Crippen LogP contribution in [0.1, 0.15) is 32.8 Å². The van der Waals surface area contributed by atoms with Crippen LogP contribution in [0.25, 0.3) is 0 Å². The monoisotopic (exact) mass is 328 g/mol. The number of hydroxylamine groups is 1. The van der Waals surface area contributed by atoms with Crippen molar-refractivity contribution in [3.63, 3.8) is 0 Å². The van der Waals surface area contributed by atoms with Gasteiger partial charge in [0.15, 0.2) is 0 Å². The van der Waals surface area contributed by atoms with Crippen LogP contribution in [0, 0.1) is 0 Å². The standard InChI is InChI=1S/C15H21ClN2O4/c1-15(2,3)17-14(20)21-9-8-13(19)18-22-10-11-6-4-5-7-12(11)16/h4-7H,8-10H2,1-3H3,(H,17,20)(H,18,19). The third kappa shape index (κ3) is 7.85. The predicted octanol–water partition coefficient (Wildman–Crippen LogP) is 2.80. The number of carbonyl (C=O) groups is 2. The van der Waals surface area contributed by atoms with Crippen molar-refractivity contribution >= 4 is 23.6 Å². The summed E-state index contributed by atoms with van der Waals surface area (Å²) in [6, 6.07) is 7.18. The summed E-state index contributed by atoms with van der Waals surface area (Å²) in [4.78, 5) is 27.9. The average Bonchev–Trinajstić information content (AvgIpc) is 2.39. The maximum absolute atomic E-state index is 11.5. The van der Waals surface area contributed by atoms with Crippen LogP contribution in [0.3, 0.4) is 0 Å². The Morgan fingerprint density at radius 3 is 2.55 bits per heavy atom. The molecule has 0 aliphatic carbocycles. The Bertz CT molecular complexity index is 515. The first kappa shape index (κ1) is 18.3. The second kappa shape index (κ2) is 8.60. The van der Waals surface area contributed by atoms with E-state index in [0.29, 0.717) is 5.02 Å². The van der Waals surface area contributed by atoms with E-state index >= 15 is 0 Å². The minimum absolute atomic E-state index is 0.0140. The summed E-state index contributed by atoms with van der Waals surface area (Å²) in [5.41, 5.74) is 2.66. The molecule has 2 N–H and O–H groups in total. The molecule has 1 aromatic carbocycles. The molecule has 2 amide bonds. The Labute approximate surface area is 135 Å². The van der Waals surface area contributed by atoms with E-state index in [2.05, 4.69) is 10.8 Å². The molecule has 6 nitrogen and oxygen atoms in total. The molecule has 0 unspecified atom stereocenters. The first-order valence-electron chi connectivity index (χ1n) is 6.87. The molecule has 1 rings (SSSR count). The van der Waals surface area contributed by atoms with Gasteiger partial charge in [0.25, 0.3) is 0 Å². The number of hydrogen-bond acceptors (Lipinski definition) is 4. The molecular weight excluding hydrogens is 308 g/mol. The van der Waals surface area contributed by atoms with Crippen LogP contribution in [0.2, 0.25) is 5.02 Å². The molecule has 0 spiro atoms. The Kier molecular flexibility index (Phi) is 7.14. The van der Waals surface area contributed by atoms with Gasteiger partial charge in [0.05, 0.1) is 6.42 Å². The van der Waals surface area contributed by atoms with E-state index < -0.39 is 6.09 Å². The maximum atomic E-state index is 11.5. The average molecular weight is 329 g/mol. The lowest BCUT2D eigenvalue weighted by Crippen LogP contribution is -2.41. The number of benzene rings is 1. The van der Waals surface area contributed by atoms with Crippen LogP contribution in [-0.4, -0.2) is 24.1 Å². The summed E-state index contributed by atoms with van der Waals surface area (Å²) < 4.78 is 4.88. The van der Waals surface area contributed by atoms with Gasteiger partial charge in [-0.05, 0) is 32.4 Å². The van der Waals surface area contributed by atoms with Gasteiger partial charge in [-0.1, -0.05) is 29.8 Å². The summed E-state index contributed by atoms with van der Waals surface area (Å²) in [5.74, 6) is -0.379. The Balaban J connectivity index is 2.17. The zero-order valence-corrected chi connectivity index (χ0v) is 13.7. The number of nitrogens with one attached hydrogen (secondary N) is 2. The molecule has 122 valence electrons. The Hall–Kier alpha value is -1.79. The van der Waals surface area contributed by atoms with Gasteiger partial charge in [0, 0.05) is 10.6 Å². The molecule has 0 aromatic heterocycles. The molecule has 0 atom stereocenters. The van der Waals surface area contributed by atoms with Gasteiger partial charge in [-0.15, -0.1) is 0 Å². The van der Waals surface area contributed by atoms with Crippen molar-refractivity contribution < 1.29 is 19.2 Å². The summed E-state index contributed by atoms with van der Waals surface area (Å²) >= 11 is 5.95. The molecule has 0 bridgehead atoms. The minimum atomic E-state index is -0.558. The molecule has 0 saturated carbocycles. The van der Waals surface area contributed by atoms with E-state index in [0.717, 1.165) is 5.56 Å². The fraction of sp³-hybridized carbons (Fsp3) is 0.467. The van der Waals surface area contributed by atoms with Crippen molar-refractivity contribution in [3.8, 4) is 0 Å². The predicted molar refractivity (Wildman–Crippen MR) is 83.2 cm³/mol. The molecule has 0 heterocycles. The van der Waals surface area contributed by atoms with Crippen molar-refractivity contribution in [1.29, 1.82) is 0 Å². The van der Waals surface area contributed by atoms with Gasteiger partial charge in [-0.3, -0.25) is 9.63 Å². The van der Waals surface area contributed by atoms with E-state index in [1.54, 1.807) is 12.1 Å². The molecule has 0 aliphatic rings. The van der Waals surface area contributed by atoms with Crippen LogP contribution in [0.15, 0.2) is 24.3 Å². The van der Waals surface area contributed by atoms with Crippen LogP contribution >= 0.6 is 11.6 Å². The maximum Gasteiger partial charge on any atom is 0.407 e. The fourth-order valence-corrected chi connectivity index (χ4v) is 1.63. The van der Waals surface area contributed by atoms with Crippen molar-refractivity contribution in [1.82, 2.24) is 10.8 Å². The topological polar surface area (TPSA) is 76.7 Å². The van der Waals surface area contributed by atoms with Gasteiger partial charge in [0.2, 0.25) is 5.91 Å². The van der Waals surface area contributed by atoms with Gasteiger partial charge in [0.1, 0.15) is 13.2 Å². The first-order chi connectivity index (χ1) is 10.3. The number of hydrogen-bond donors (Lipinski definition) is 2. The molecule has 1 aromatic rings. The minimum Gasteiger partial charge on any atom is -0.449 e. The molecule has 0 aliphatic heterocycles. The van der Waals surface area contributed by atoms with Crippen molar-refractivity contribution in [2.45, 2.75) is 39.3 Å². The van der Waals surface area contributed by atoms with E-state index in [1.165, 1.54) is 0 Å². The van der Waals surface area contributed by atoms with Crippen LogP contribution < -0.4 is 10.8 Å². The lowest BCUT2D eigenvalue weighted by Gasteiger charge is -2.19. The highest BCUT2D eigenvalue weighted by Crippen LogP contribution is 2.15. The highest BCUT2D eigenvalue weighted by atomic mass is 35.5. The van der Waals surface area contributed by atoms with E-state index in [9.17, 15) is 9.59 Å². The van der Waals surface area contributed by atoms with Gasteiger partial charge >= 0.3 is 6.09 Å². The van der Waals surface area contributed by atoms with E-state index in [-0.39, 0.29) is 31.1 Å². The number of rotatable bonds is 6. The van der Waals surface area contributed by atoms with Gasteiger partial charge < -0.3 is 10.1 Å². The first-order valence-corrected chi connectivity index (χ1v) is 7.25. The van der Waals surface area contributed by atoms with Crippen LogP contribution in [-0.2, 0) is 21.0 Å². The third-order valence-corrected chi connectivity index (χ3v) is 2.78. The number of ether oxygens (including phenoxy) is 1. The third-order valence-electron chi connectivity index (χ3n) is 2.41. The lowest BCUT2D eigenvalue weighted by atomic mass is 10.1. The summed E-state index contributed by atoms with van der Waals surface area (Å²) in [7, 11) is 0. The highest BCUT2D eigenvalue weighted by molar-refractivity contribution is 6.31. The zero-order valence-electron chi connectivity index (χ0n) is 12.9. The lowest BCUT2D eigenvalue weighted by molar-refractivity contribution is -0.135. The summed E-state index contributed by atoms with van der Waals surface area (Å²) in [5, 5.41) is 3.19. The number of halogens is 1. The second-order valence-corrected chi connectivity index (χ2v) is 6.07. The molecule has 22 heavy (non-hydrogen) atoms. The SMILES string of the molecule is CC(C)(C)NC(=O)OCCC(=O)NOCc1ccccc1Cl. The van der Waals surface area contributed by atoms with Gasteiger partial charge in [-0.25, -0.2) is 10.3 Å². The number of amides is 2. The Morgan fingerprint density at radius 1 is 1.23 bits per heavy atom. The van der Waals surface area contributed by atoms with Crippen LogP contribution in [0.4, 0.5) is 4.79 Å². The molecule has 7 heteroatoms. The second-order valence-electron chi connectivity index (χ2n) is 5.67. The quantitative estimate of drug-likeness (QED) is 0.787. The fourth-order valence-electron chi connectivity index (χ4n) is 1.44. The van der Waals surface area contributed by atoms with E-state index in [4.69, 9.17) is 21.2 Å². The Morgan fingerprint density at radius 2 is 1.91 bits per heavy atom. The number of carbonyl (C=O) groups excluding carboxylic acids is 2. The van der Waals surface area contributed by atoms with Crippen molar-refractivity contribution in [2.75, 3.05) is 6.61 Å². The van der Waals surface area contributed by atoms with E-state index in [1.807, 2.05) is 32.9 Å². The van der Waals surface area contributed by atoms with Gasteiger partial charge in [-0.2, -0.15) is 0 Å². The molecule has 0 radical (unpaired) electrons. The smallest absolute Gasteiger partial charge is 0.407 e. The molecule has 0 fully saturated rings.